The molecular weight excluding hydrogens is 350 g/mol. The Morgan fingerprint density at radius 3 is 2.57 bits per heavy atom. The van der Waals surface area contributed by atoms with Crippen LogP contribution in [0.1, 0.15) is 0 Å². The molecule has 1 amide bonds. The number of carbonyl (C=O) groups excluding carboxylic acids is 2. The van der Waals surface area contributed by atoms with E-state index < -0.39 is 16.5 Å². The number of carbonyl (C=O) groups is 2. The summed E-state index contributed by atoms with van der Waals surface area (Å²) in [6, 6.07) is 7.07. The van der Waals surface area contributed by atoms with Gasteiger partial charge in [-0.2, -0.15) is 0 Å². The number of amides is 1. The molecule has 0 aliphatic carbocycles. The molecule has 1 aromatic carbocycles. The predicted molar refractivity (Wildman–Crippen MR) is 89.9 cm³/mol. The molecular formula is C13H12ClNO3S3. The van der Waals surface area contributed by atoms with Crippen molar-refractivity contribution in [1.29, 1.82) is 0 Å². The summed E-state index contributed by atoms with van der Waals surface area (Å²) < 4.78 is 5.29. The van der Waals surface area contributed by atoms with Crippen molar-refractivity contribution >= 4 is 63.5 Å². The Kier molecular flexibility index (Phi) is 5.54. The van der Waals surface area contributed by atoms with E-state index in [1.807, 2.05) is 0 Å². The van der Waals surface area contributed by atoms with Gasteiger partial charge >= 0.3 is 5.97 Å². The summed E-state index contributed by atoms with van der Waals surface area (Å²) in [5.41, 5.74) is 0. The lowest BCUT2D eigenvalue weighted by Crippen LogP contribution is -2.37. The highest BCUT2D eigenvalue weighted by molar-refractivity contribution is 8.24. The van der Waals surface area contributed by atoms with Gasteiger partial charge in [0.2, 0.25) is 5.91 Å². The number of esters is 1. The molecule has 112 valence electrons. The van der Waals surface area contributed by atoms with Crippen LogP contribution in [0.4, 0.5) is 0 Å². The molecule has 21 heavy (non-hydrogen) atoms. The predicted octanol–water partition coefficient (Wildman–Crippen LogP) is 2.83. The molecule has 0 N–H and O–H groups in total. The van der Waals surface area contributed by atoms with Gasteiger partial charge in [-0.25, -0.2) is 0 Å². The van der Waals surface area contributed by atoms with E-state index in [0.717, 1.165) is 4.90 Å². The first-order chi connectivity index (χ1) is 9.93. The maximum absolute atomic E-state index is 12.2. The lowest BCUT2D eigenvalue weighted by molar-refractivity contribution is -0.141. The van der Waals surface area contributed by atoms with Crippen molar-refractivity contribution in [2.45, 2.75) is 15.4 Å². The van der Waals surface area contributed by atoms with Crippen molar-refractivity contribution in [2.75, 3.05) is 14.2 Å². The Bertz CT molecular complexity index is 579. The van der Waals surface area contributed by atoms with Gasteiger partial charge in [-0.3, -0.25) is 14.5 Å². The first kappa shape index (κ1) is 16.6. The molecule has 0 aromatic heterocycles. The zero-order chi connectivity index (χ0) is 15.6. The summed E-state index contributed by atoms with van der Waals surface area (Å²) in [5, 5.41) is -0.617. The van der Waals surface area contributed by atoms with Crippen LogP contribution in [0.25, 0.3) is 0 Å². The number of methoxy groups -OCH3 is 1. The Morgan fingerprint density at radius 1 is 1.48 bits per heavy atom. The molecule has 0 radical (unpaired) electrons. The minimum Gasteiger partial charge on any atom is -0.468 e. The molecule has 8 heteroatoms. The third-order valence-electron chi connectivity index (χ3n) is 2.86. The molecule has 1 heterocycles. The number of halogens is 1. The van der Waals surface area contributed by atoms with Gasteiger partial charge in [0.1, 0.15) is 14.8 Å². The van der Waals surface area contributed by atoms with E-state index in [1.54, 1.807) is 31.3 Å². The highest BCUT2D eigenvalue weighted by atomic mass is 35.5. The molecule has 1 aliphatic rings. The summed E-state index contributed by atoms with van der Waals surface area (Å²) in [7, 11) is 2.92. The monoisotopic (exact) mass is 361 g/mol. The molecule has 0 bridgehead atoms. The van der Waals surface area contributed by atoms with Crippen molar-refractivity contribution < 1.29 is 14.3 Å². The molecule has 1 fully saturated rings. The van der Waals surface area contributed by atoms with E-state index in [9.17, 15) is 9.59 Å². The molecule has 0 spiro atoms. The fourth-order valence-electron chi connectivity index (χ4n) is 1.72. The number of hydrogen-bond donors (Lipinski definition) is 0. The van der Waals surface area contributed by atoms with E-state index in [-0.39, 0.29) is 5.91 Å². The Hall–Kier alpha value is -0.760. The Morgan fingerprint density at radius 2 is 2.10 bits per heavy atom. The zero-order valence-electron chi connectivity index (χ0n) is 11.2. The molecule has 1 aliphatic heterocycles. The van der Waals surface area contributed by atoms with Gasteiger partial charge in [0.15, 0.2) is 0 Å². The fraction of sp³-hybridized carbons (Fsp3) is 0.308. The highest BCUT2D eigenvalue weighted by Crippen LogP contribution is 2.37. The van der Waals surface area contributed by atoms with Gasteiger partial charge in [0.25, 0.3) is 0 Å². The molecule has 1 aromatic rings. The number of rotatable bonds is 4. The van der Waals surface area contributed by atoms with Gasteiger partial charge in [-0.1, -0.05) is 35.6 Å². The molecule has 0 saturated carbocycles. The average molecular weight is 362 g/mol. The lowest BCUT2D eigenvalue weighted by Gasteiger charge is -2.18. The average Bonchev–Trinajstić information content (AvgIpc) is 2.73. The fourth-order valence-corrected chi connectivity index (χ4v) is 4.56. The third-order valence-corrected chi connectivity index (χ3v) is 6.31. The van der Waals surface area contributed by atoms with Crippen LogP contribution in [0.15, 0.2) is 29.2 Å². The van der Waals surface area contributed by atoms with Crippen LogP contribution in [0, 0.1) is 0 Å². The summed E-state index contributed by atoms with van der Waals surface area (Å²) >= 11 is 13.4. The minimum absolute atomic E-state index is 0.179. The van der Waals surface area contributed by atoms with Crippen LogP contribution in [-0.4, -0.2) is 45.8 Å². The largest absolute Gasteiger partial charge is 0.468 e. The smallest absolute Gasteiger partial charge is 0.320 e. The van der Waals surface area contributed by atoms with E-state index in [1.165, 1.54) is 35.5 Å². The molecule has 1 saturated heterocycles. The molecule has 2 atom stereocenters. The zero-order valence-corrected chi connectivity index (χ0v) is 14.4. The summed E-state index contributed by atoms with van der Waals surface area (Å²) in [4.78, 5) is 26.5. The van der Waals surface area contributed by atoms with Gasteiger partial charge in [0.05, 0.1) is 7.11 Å². The van der Waals surface area contributed by atoms with E-state index in [4.69, 9.17) is 28.6 Å². The second-order valence-electron chi connectivity index (χ2n) is 4.22. The first-order valence-electron chi connectivity index (χ1n) is 5.92. The minimum atomic E-state index is -0.656. The lowest BCUT2D eigenvalue weighted by atomic mass is 10.2. The van der Waals surface area contributed by atoms with Crippen molar-refractivity contribution in [1.82, 2.24) is 4.90 Å². The molecule has 2 rings (SSSR count). The molecule has 0 unspecified atom stereocenters. The number of hydrogen-bond acceptors (Lipinski definition) is 6. The van der Waals surface area contributed by atoms with Crippen molar-refractivity contribution in [2.24, 2.45) is 0 Å². The summed E-state index contributed by atoms with van der Waals surface area (Å²) in [6.07, 6.45) is 0. The summed E-state index contributed by atoms with van der Waals surface area (Å²) in [6.45, 7) is 0. The van der Waals surface area contributed by atoms with Gasteiger partial charge in [-0.15, -0.1) is 11.8 Å². The maximum Gasteiger partial charge on any atom is 0.320 e. The van der Waals surface area contributed by atoms with Crippen molar-refractivity contribution in [3.8, 4) is 0 Å². The first-order valence-corrected chi connectivity index (χ1v) is 8.47. The van der Waals surface area contributed by atoms with Crippen LogP contribution in [0.3, 0.4) is 0 Å². The van der Waals surface area contributed by atoms with Crippen LogP contribution in [-0.2, 0) is 14.3 Å². The number of nitrogens with zero attached hydrogens (tertiary/aromatic N) is 1. The van der Waals surface area contributed by atoms with E-state index >= 15 is 0 Å². The molecule has 4 nitrogen and oxygen atoms in total. The normalized spacial score (nSPS) is 19.8. The second-order valence-corrected chi connectivity index (χ2v) is 7.64. The third kappa shape index (κ3) is 3.71. The second kappa shape index (κ2) is 7.00. The van der Waals surface area contributed by atoms with Gasteiger partial charge in [-0.05, 0) is 24.3 Å². The quantitative estimate of drug-likeness (QED) is 0.467. The van der Waals surface area contributed by atoms with Crippen molar-refractivity contribution in [3.63, 3.8) is 0 Å². The topological polar surface area (TPSA) is 46.6 Å². The Labute approximate surface area is 141 Å². The van der Waals surface area contributed by atoms with Crippen LogP contribution >= 0.6 is 47.3 Å². The van der Waals surface area contributed by atoms with Crippen LogP contribution in [0.5, 0.6) is 0 Å². The summed E-state index contributed by atoms with van der Waals surface area (Å²) in [5.74, 6) is -0.624. The van der Waals surface area contributed by atoms with E-state index in [0.29, 0.717) is 9.34 Å². The maximum atomic E-state index is 12.2. The van der Waals surface area contributed by atoms with Gasteiger partial charge < -0.3 is 4.74 Å². The Balaban J connectivity index is 2.23. The van der Waals surface area contributed by atoms with Crippen molar-refractivity contribution in [3.05, 3.63) is 29.3 Å². The van der Waals surface area contributed by atoms with E-state index in [2.05, 4.69) is 0 Å². The number of benzene rings is 1. The standard InChI is InChI=1S/C13H12ClNO3S3/c1-15-11(16)9(21-13(15)19)10(12(17)18-2)20-8-5-3-7(14)4-6-8/h3-6,9-10H,1-2H3/t9-,10+/m0/s1. The van der Waals surface area contributed by atoms with Gasteiger partial charge in [0, 0.05) is 17.0 Å². The SMILES string of the molecule is COC(=O)[C@H](Sc1ccc(Cl)cc1)[C@@H]1SC(=S)N(C)C1=O. The number of ether oxygens (including phenoxy) is 1. The highest BCUT2D eigenvalue weighted by Gasteiger charge is 2.44. The number of thiocarbonyl (C=S) groups is 1. The van der Waals surface area contributed by atoms with Crippen LogP contribution in [0.2, 0.25) is 5.02 Å². The van der Waals surface area contributed by atoms with Crippen LogP contribution < -0.4 is 0 Å². The number of thioether (sulfide) groups is 2.